The molecule has 1 aromatic carbocycles. The van der Waals surface area contributed by atoms with Gasteiger partial charge < -0.3 is 14.8 Å². The first-order valence-corrected chi connectivity index (χ1v) is 6.79. The van der Waals surface area contributed by atoms with E-state index in [1.165, 1.54) is 24.3 Å². The summed E-state index contributed by atoms with van der Waals surface area (Å²) in [7, 11) is 0. The fourth-order valence-electron chi connectivity index (χ4n) is 1.74. The molecule has 124 valence electrons. The molecule has 0 radical (unpaired) electrons. The number of alkyl carbamates (subject to hydrolysis) is 1. The maximum atomic E-state index is 12.0. The molecule has 0 bridgehead atoms. The number of rotatable bonds is 4. The number of benzene rings is 1. The quantitative estimate of drug-likeness (QED) is 0.911. The Bertz CT molecular complexity index is 492. The SMILES string of the molecule is CC(Cc1ccc(OC(F)(F)F)cc1)NC(=O)OC(C)(C)C. The van der Waals surface area contributed by atoms with Crippen molar-refractivity contribution >= 4 is 6.09 Å². The maximum absolute atomic E-state index is 12.0. The number of ether oxygens (including phenoxy) is 2. The van der Waals surface area contributed by atoms with Crippen LogP contribution in [0.1, 0.15) is 33.3 Å². The molecule has 1 unspecified atom stereocenters. The Hall–Kier alpha value is -1.92. The highest BCUT2D eigenvalue weighted by molar-refractivity contribution is 5.68. The van der Waals surface area contributed by atoms with Crippen LogP contribution in [-0.2, 0) is 11.2 Å². The van der Waals surface area contributed by atoms with E-state index in [0.717, 1.165) is 5.56 Å². The summed E-state index contributed by atoms with van der Waals surface area (Å²) in [4.78, 5) is 11.6. The van der Waals surface area contributed by atoms with Crippen molar-refractivity contribution in [1.29, 1.82) is 0 Å². The zero-order chi connectivity index (χ0) is 17.0. The lowest BCUT2D eigenvalue weighted by Crippen LogP contribution is -2.38. The Labute approximate surface area is 127 Å². The molecule has 22 heavy (non-hydrogen) atoms. The summed E-state index contributed by atoms with van der Waals surface area (Å²) < 4.78 is 45.1. The van der Waals surface area contributed by atoms with Gasteiger partial charge in [0.15, 0.2) is 0 Å². The Morgan fingerprint density at radius 1 is 1.18 bits per heavy atom. The summed E-state index contributed by atoms with van der Waals surface area (Å²) in [5.74, 6) is -0.274. The normalized spacial score (nSPS) is 13.4. The average molecular weight is 319 g/mol. The van der Waals surface area contributed by atoms with Gasteiger partial charge in [-0.15, -0.1) is 13.2 Å². The molecule has 7 heteroatoms. The molecule has 0 fully saturated rings. The molecule has 1 aromatic rings. The van der Waals surface area contributed by atoms with Gasteiger partial charge in [0.1, 0.15) is 11.4 Å². The van der Waals surface area contributed by atoms with Gasteiger partial charge in [-0.2, -0.15) is 0 Å². The van der Waals surface area contributed by atoms with Crippen molar-refractivity contribution in [1.82, 2.24) is 5.32 Å². The van der Waals surface area contributed by atoms with Crippen molar-refractivity contribution < 1.29 is 27.4 Å². The molecule has 0 aliphatic rings. The molecule has 0 aliphatic carbocycles. The predicted octanol–water partition coefficient (Wildman–Crippen LogP) is 4.04. The first kappa shape index (κ1) is 18.1. The second-order valence-electron chi connectivity index (χ2n) is 5.94. The van der Waals surface area contributed by atoms with Crippen molar-refractivity contribution in [3.8, 4) is 5.75 Å². The number of alkyl halides is 3. The fraction of sp³-hybridized carbons (Fsp3) is 0.533. The highest BCUT2D eigenvalue weighted by atomic mass is 19.4. The number of halogens is 3. The second-order valence-corrected chi connectivity index (χ2v) is 5.94. The summed E-state index contributed by atoms with van der Waals surface area (Å²) in [6, 6.07) is 5.30. The monoisotopic (exact) mass is 319 g/mol. The molecule has 0 heterocycles. The van der Waals surface area contributed by atoms with Gasteiger partial charge >= 0.3 is 12.5 Å². The van der Waals surface area contributed by atoms with Gasteiger partial charge in [-0.3, -0.25) is 0 Å². The fourth-order valence-corrected chi connectivity index (χ4v) is 1.74. The molecule has 1 amide bonds. The largest absolute Gasteiger partial charge is 0.573 e. The van der Waals surface area contributed by atoms with Gasteiger partial charge in [0.05, 0.1) is 0 Å². The molecule has 0 saturated carbocycles. The van der Waals surface area contributed by atoms with Crippen LogP contribution < -0.4 is 10.1 Å². The number of carbonyl (C=O) groups is 1. The van der Waals surface area contributed by atoms with Crippen molar-refractivity contribution in [2.24, 2.45) is 0 Å². The lowest BCUT2D eigenvalue weighted by molar-refractivity contribution is -0.274. The van der Waals surface area contributed by atoms with Crippen molar-refractivity contribution in [2.45, 2.75) is 52.1 Å². The summed E-state index contributed by atoms with van der Waals surface area (Å²) in [6.07, 6.45) is -4.77. The van der Waals surface area contributed by atoms with Gasteiger partial charge in [-0.05, 0) is 51.8 Å². The minimum absolute atomic E-state index is 0.218. The van der Waals surface area contributed by atoms with Crippen LogP contribution in [0.4, 0.5) is 18.0 Å². The van der Waals surface area contributed by atoms with Crippen LogP contribution in [0.25, 0.3) is 0 Å². The maximum Gasteiger partial charge on any atom is 0.573 e. The average Bonchev–Trinajstić information content (AvgIpc) is 2.26. The minimum atomic E-state index is -4.70. The van der Waals surface area contributed by atoms with Gasteiger partial charge in [0.2, 0.25) is 0 Å². The van der Waals surface area contributed by atoms with E-state index in [1.807, 2.05) is 0 Å². The summed E-state index contributed by atoms with van der Waals surface area (Å²) >= 11 is 0. The first-order valence-electron chi connectivity index (χ1n) is 6.79. The number of hydrogen-bond donors (Lipinski definition) is 1. The van der Waals surface area contributed by atoms with E-state index in [2.05, 4.69) is 10.1 Å². The standard InChI is InChI=1S/C15H20F3NO3/c1-10(19-13(20)22-14(2,3)4)9-11-5-7-12(8-6-11)21-15(16,17)18/h5-8,10H,9H2,1-4H3,(H,19,20). The Morgan fingerprint density at radius 2 is 1.73 bits per heavy atom. The van der Waals surface area contributed by atoms with E-state index in [9.17, 15) is 18.0 Å². The number of nitrogens with one attached hydrogen (secondary N) is 1. The van der Waals surface area contributed by atoms with Crippen LogP contribution in [0.3, 0.4) is 0 Å². The first-order chi connectivity index (χ1) is 9.94. The summed E-state index contributed by atoms with van der Waals surface area (Å²) in [5, 5.41) is 2.67. The van der Waals surface area contributed by atoms with E-state index in [1.54, 1.807) is 27.7 Å². The lowest BCUT2D eigenvalue weighted by Gasteiger charge is -2.22. The molecular weight excluding hydrogens is 299 g/mol. The highest BCUT2D eigenvalue weighted by Crippen LogP contribution is 2.23. The molecule has 1 atom stereocenters. The summed E-state index contributed by atoms with van der Waals surface area (Å²) in [5.41, 5.74) is 0.193. The molecule has 0 saturated heterocycles. The zero-order valence-electron chi connectivity index (χ0n) is 13.0. The van der Waals surface area contributed by atoms with Gasteiger partial charge in [0, 0.05) is 6.04 Å². The van der Waals surface area contributed by atoms with Crippen LogP contribution >= 0.6 is 0 Å². The molecule has 0 aliphatic heterocycles. The third-order valence-electron chi connectivity index (χ3n) is 2.46. The Balaban J connectivity index is 2.51. The topological polar surface area (TPSA) is 47.6 Å². The van der Waals surface area contributed by atoms with E-state index in [4.69, 9.17) is 4.74 Å². The zero-order valence-corrected chi connectivity index (χ0v) is 13.0. The molecule has 0 aromatic heterocycles. The van der Waals surface area contributed by atoms with Crippen LogP contribution in [0.2, 0.25) is 0 Å². The predicted molar refractivity (Wildman–Crippen MR) is 75.7 cm³/mol. The van der Waals surface area contributed by atoms with E-state index in [-0.39, 0.29) is 11.8 Å². The van der Waals surface area contributed by atoms with Crippen LogP contribution in [0.5, 0.6) is 5.75 Å². The van der Waals surface area contributed by atoms with E-state index < -0.39 is 18.1 Å². The molecule has 4 nitrogen and oxygen atoms in total. The smallest absolute Gasteiger partial charge is 0.444 e. The van der Waals surface area contributed by atoms with Crippen LogP contribution in [0, 0.1) is 0 Å². The molecule has 1 N–H and O–H groups in total. The second kappa shape index (κ2) is 6.89. The van der Waals surface area contributed by atoms with E-state index >= 15 is 0 Å². The summed E-state index contributed by atoms with van der Waals surface area (Å²) in [6.45, 7) is 7.06. The third kappa shape index (κ3) is 7.75. The van der Waals surface area contributed by atoms with E-state index in [0.29, 0.717) is 6.42 Å². The minimum Gasteiger partial charge on any atom is -0.444 e. The highest BCUT2D eigenvalue weighted by Gasteiger charge is 2.30. The van der Waals surface area contributed by atoms with Crippen molar-refractivity contribution in [3.63, 3.8) is 0 Å². The van der Waals surface area contributed by atoms with Crippen molar-refractivity contribution in [3.05, 3.63) is 29.8 Å². The number of hydrogen-bond acceptors (Lipinski definition) is 3. The third-order valence-corrected chi connectivity index (χ3v) is 2.46. The van der Waals surface area contributed by atoms with Crippen LogP contribution in [-0.4, -0.2) is 24.1 Å². The Morgan fingerprint density at radius 3 is 2.18 bits per heavy atom. The van der Waals surface area contributed by atoms with Gasteiger partial charge in [-0.1, -0.05) is 12.1 Å². The molecular formula is C15H20F3NO3. The van der Waals surface area contributed by atoms with Crippen molar-refractivity contribution in [2.75, 3.05) is 0 Å². The van der Waals surface area contributed by atoms with Gasteiger partial charge in [-0.25, -0.2) is 4.79 Å². The Kier molecular flexibility index (Phi) is 5.68. The van der Waals surface area contributed by atoms with Gasteiger partial charge in [0.25, 0.3) is 0 Å². The van der Waals surface area contributed by atoms with Crippen LogP contribution in [0.15, 0.2) is 24.3 Å². The number of carbonyl (C=O) groups excluding carboxylic acids is 1. The number of amides is 1. The molecule has 1 rings (SSSR count). The molecule has 0 spiro atoms. The lowest BCUT2D eigenvalue weighted by atomic mass is 10.1.